The SMILES string of the molecule is CC(=O)Nc1cc(-c2ncn[nH]2)ccc1F. The van der Waals surface area contributed by atoms with Gasteiger partial charge in [0.1, 0.15) is 12.1 Å². The van der Waals surface area contributed by atoms with Crippen LogP contribution in [0.3, 0.4) is 0 Å². The summed E-state index contributed by atoms with van der Waals surface area (Å²) in [6.07, 6.45) is 1.36. The lowest BCUT2D eigenvalue weighted by atomic mass is 10.2. The van der Waals surface area contributed by atoms with Crippen LogP contribution in [0.4, 0.5) is 10.1 Å². The van der Waals surface area contributed by atoms with E-state index in [4.69, 9.17) is 0 Å². The number of anilines is 1. The normalized spacial score (nSPS) is 10.1. The van der Waals surface area contributed by atoms with Crippen molar-refractivity contribution in [3.05, 3.63) is 30.3 Å². The summed E-state index contributed by atoms with van der Waals surface area (Å²) >= 11 is 0. The molecular formula is C10H9FN4O. The number of rotatable bonds is 2. The van der Waals surface area contributed by atoms with E-state index in [9.17, 15) is 9.18 Å². The van der Waals surface area contributed by atoms with Gasteiger partial charge >= 0.3 is 0 Å². The summed E-state index contributed by atoms with van der Waals surface area (Å²) < 4.78 is 13.3. The maximum absolute atomic E-state index is 13.3. The molecule has 0 saturated carbocycles. The number of hydrogen-bond donors (Lipinski definition) is 2. The molecule has 82 valence electrons. The Morgan fingerprint density at radius 1 is 1.50 bits per heavy atom. The molecule has 0 radical (unpaired) electrons. The first-order valence-electron chi connectivity index (χ1n) is 4.59. The quantitative estimate of drug-likeness (QED) is 0.806. The molecule has 1 aromatic carbocycles. The van der Waals surface area contributed by atoms with Crippen molar-refractivity contribution in [2.45, 2.75) is 6.92 Å². The van der Waals surface area contributed by atoms with Crippen molar-refractivity contribution in [3.63, 3.8) is 0 Å². The molecule has 0 bridgehead atoms. The van der Waals surface area contributed by atoms with Gasteiger partial charge in [-0.2, -0.15) is 5.10 Å². The second-order valence-corrected chi connectivity index (χ2v) is 3.21. The van der Waals surface area contributed by atoms with Gasteiger partial charge in [0, 0.05) is 12.5 Å². The molecule has 0 aliphatic heterocycles. The van der Waals surface area contributed by atoms with Gasteiger partial charge in [-0.1, -0.05) is 0 Å². The van der Waals surface area contributed by atoms with E-state index >= 15 is 0 Å². The van der Waals surface area contributed by atoms with Crippen LogP contribution >= 0.6 is 0 Å². The van der Waals surface area contributed by atoms with E-state index in [2.05, 4.69) is 20.5 Å². The monoisotopic (exact) mass is 220 g/mol. The molecule has 2 N–H and O–H groups in total. The second-order valence-electron chi connectivity index (χ2n) is 3.21. The zero-order valence-electron chi connectivity index (χ0n) is 8.49. The maximum atomic E-state index is 13.3. The molecule has 0 aliphatic carbocycles. The topological polar surface area (TPSA) is 70.7 Å². The predicted octanol–water partition coefficient (Wildman–Crippen LogP) is 1.57. The average molecular weight is 220 g/mol. The Kier molecular flexibility index (Phi) is 2.63. The van der Waals surface area contributed by atoms with Gasteiger partial charge in [0.2, 0.25) is 5.91 Å². The van der Waals surface area contributed by atoms with Gasteiger partial charge in [0.05, 0.1) is 5.69 Å². The molecule has 0 atom stereocenters. The number of amides is 1. The van der Waals surface area contributed by atoms with Crippen LogP contribution in [0, 0.1) is 5.82 Å². The summed E-state index contributed by atoms with van der Waals surface area (Å²) in [4.78, 5) is 14.8. The van der Waals surface area contributed by atoms with Crippen LogP contribution in [-0.2, 0) is 4.79 Å². The van der Waals surface area contributed by atoms with Gasteiger partial charge in [0.25, 0.3) is 0 Å². The minimum Gasteiger partial charge on any atom is -0.324 e. The maximum Gasteiger partial charge on any atom is 0.221 e. The van der Waals surface area contributed by atoms with E-state index in [1.165, 1.54) is 25.4 Å². The molecule has 0 unspecified atom stereocenters. The summed E-state index contributed by atoms with van der Waals surface area (Å²) in [5.41, 5.74) is 0.782. The van der Waals surface area contributed by atoms with Gasteiger partial charge < -0.3 is 5.32 Å². The number of aromatic nitrogens is 3. The zero-order chi connectivity index (χ0) is 11.5. The number of aromatic amines is 1. The van der Waals surface area contributed by atoms with Crippen LogP contribution < -0.4 is 5.32 Å². The first-order chi connectivity index (χ1) is 7.66. The number of halogens is 1. The largest absolute Gasteiger partial charge is 0.324 e. The second kappa shape index (κ2) is 4.09. The highest BCUT2D eigenvalue weighted by Crippen LogP contribution is 2.21. The van der Waals surface area contributed by atoms with Crippen molar-refractivity contribution >= 4 is 11.6 Å². The fraction of sp³-hybridized carbons (Fsp3) is 0.100. The minimum atomic E-state index is -0.488. The van der Waals surface area contributed by atoms with Crippen LogP contribution in [0.15, 0.2) is 24.5 Å². The number of hydrogen-bond acceptors (Lipinski definition) is 3. The van der Waals surface area contributed by atoms with Crippen molar-refractivity contribution in [1.82, 2.24) is 15.2 Å². The smallest absolute Gasteiger partial charge is 0.221 e. The summed E-state index contributed by atoms with van der Waals surface area (Å²) in [6, 6.07) is 4.32. The van der Waals surface area contributed by atoms with Crippen molar-refractivity contribution in [3.8, 4) is 11.4 Å². The number of carbonyl (C=O) groups excluding carboxylic acids is 1. The standard InChI is InChI=1S/C10H9FN4O/c1-6(16)14-9-4-7(2-3-8(9)11)10-12-5-13-15-10/h2-5H,1H3,(H,14,16)(H,12,13,15). The van der Waals surface area contributed by atoms with Gasteiger partial charge in [-0.15, -0.1) is 0 Å². The summed E-state index contributed by atoms with van der Waals surface area (Å²) in [5.74, 6) is -0.293. The fourth-order valence-corrected chi connectivity index (χ4v) is 1.30. The van der Waals surface area contributed by atoms with Crippen molar-refractivity contribution in [2.75, 3.05) is 5.32 Å². The van der Waals surface area contributed by atoms with Crippen LogP contribution in [0.5, 0.6) is 0 Å². The molecular weight excluding hydrogens is 211 g/mol. The van der Waals surface area contributed by atoms with Gasteiger partial charge in [-0.25, -0.2) is 9.37 Å². The molecule has 6 heteroatoms. The Bertz CT molecular complexity index is 510. The molecule has 1 amide bonds. The third-order valence-corrected chi connectivity index (χ3v) is 1.97. The first kappa shape index (κ1) is 10.3. The third kappa shape index (κ3) is 2.05. The number of nitrogens with one attached hydrogen (secondary N) is 2. The predicted molar refractivity (Wildman–Crippen MR) is 56.1 cm³/mol. The molecule has 0 fully saturated rings. The number of benzene rings is 1. The Balaban J connectivity index is 2.39. The number of H-pyrrole nitrogens is 1. The Hall–Kier alpha value is -2.24. The minimum absolute atomic E-state index is 0.126. The molecule has 5 nitrogen and oxygen atoms in total. The highest BCUT2D eigenvalue weighted by Gasteiger charge is 2.07. The van der Waals surface area contributed by atoms with Crippen LogP contribution in [0.2, 0.25) is 0 Å². The Morgan fingerprint density at radius 3 is 2.94 bits per heavy atom. The molecule has 1 aromatic heterocycles. The van der Waals surface area contributed by atoms with E-state index in [0.29, 0.717) is 11.4 Å². The van der Waals surface area contributed by atoms with Crippen molar-refractivity contribution < 1.29 is 9.18 Å². The van der Waals surface area contributed by atoms with E-state index in [1.807, 2.05) is 0 Å². The van der Waals surface area contributed by atoms with Crippen molar-refractivity contribution in [2.24, 2.45) is 0 Å². The summed E-state index contributed by atoms with van der Waals surface area (Å²) in [6.45, 7) is 1.32. The highest BCUT2D eigenvalue weighted by atomic mass is 19.1. The van der Waals surface area contributed by atoms with E-state index in [-0.39, 0.29) is 11.6 Å². The lowest BCUT2D eigenvalue weighted by Crippen LogP contribution is -2.07. The molecule has 0 aliphatic rings. The molecule has 2 aromatic rings. The first-order valence-corrected chi connectivity index (χ1v) is 4.59. The average Bonchev–Trinajstić information content (AvgIpc) is 2.73. The Morgan fingerprint density at radius 2 is 2.31 bits per heavy atom. The lowest BCUT2D eigenvalue weighted by Gasteiger charge is -2.05. The molecule has 2 rings (SSSR count). The van der Waals surface area contributed by atoms with Gasteiger partial charge in [-0.05, 0) is 18.2 Å². The van der Waals surface area contributed by atoms with E-state index in [1.54, 1.807) is 6.07 Å². The van der Waals surface area contributed by atoms with Crippen LogP contribution in [-0.4, -0.2) is 21.1 Å². The highest BCUT2D eigenvalue weighted by molar-refractivity contribution is 5.89. The molecule has 0 saturated heterocycles. The van der Waals surface area contributed by atoms with Gasteiger partial charge in [-0.3, -0.25) is 9.89 Å². The molecule has 16 heavy (non-hydrogen) atoms. The van der Waals surface area contributed by atoms with E-state index < -0.39 is 5.82 Å². The third-order valence-electron chi connectivity index (χ3n) is 1.97. The van der Waals surface area contributed by atoms with E-state index in [0.717, 1.165) is 0 Å². The van der Waals surface area contributed by atoms with Crippen molar-refractivity contribution in [1.29, 1.82) is 0 Å². The van der Waals surface area contributed by atoms with Crippen LogP contribution in [0.25, 0.3) is 11.4 Å². The van der Waals surface area contributed by atoms with Gasteiger partial charge in [0.15, 0.2) is 5.82 Å². The number of nitrogens with zero attached hydrogens (tertiary/aromatic N) is 2. The molecule has 0 spiro atoms. The van der Waals surface area contributed by atoms with Crippen LogP contribution in [0.1, 0.15) is 6.92 Å². The fourth-order valence-electron chi connectivity index (χ4n) is 1.30. The summed E-state index contributed by atoms with van der Waals surface area (Å²) in [5, 5.41) is 8.75. The molecule has 1 heterocycles. The zero-order valence-corrected chi connectivity index (χ0v) is 8.49. The number of carbonyl (C=O) groups is 1. The Labute approximate surface area is 90.7 Å². The summed E-state index contributed by atoms with van der Waals surface area (Å²) in [7, 11) is 0. The lowest BCUT2D eigenvalue weighted by molar-refractivity contribution is -0.114.